The van der Waals surface area contributed by atoms with E-state index in [1.165, 1.54) is 0 Å². The van der Waals surface area contributed by atoms with Crippen molar-refractivity contribution in [1.82, 2.24) is 0 Å². The van der Waals surface area contributed by atoms with Crippen LogP contribution < -0.4 is 11.5 Å². The summed E-state index contributed by atoms with van der Waals surface area (Å²) in [7, 11) is -3.67. The van der Waals surface area contributed by atoms with Crippen LogP contribution in [0, 0.1) is 0 Å². The number of benzene rings is 2. The van der Waals surface area contributed by atoms with Crippen molar-refractivity contribution in [2.45, 2.75) is 0 Å². The fourth-order valence-electron chi connectivity index (χ4n) is 1.83. The summed E-state index contributed by atoms with van der Waals surface area (Å²) in [6.45, 7) is 4.06. The van der Waals surface area contributed by atoms with Crippen molar-refractivity contribution < 1.29 is 17.8 Å². The van der Waals surface area contributed by atoms with Gasteiger partial charge in [-0.1, -0.05) is 49.0 Å². The molecule has 0 fully saturated rings. The third-order valence-corrected chi connectivity index (χ3v) is 2.81. The van der Waals surface area contributed by atoms with Crippen molar-refractivity contribution in [3.05, 3.63) is 77.9 Å². The zero-order valence-corrected chi connectivity index (χ0v) is 14.4. The van der Waals surface area contributed by atoms with E-state index in [1.807, 2.05) is 36.4 Å². The van der Waals surface area contributed by atoms with Gasteiger partial charge in [0.2, 0.25) is 0 Å². The molecule has 0 saturated carbocycles. The SMILES string of the molecule is C=C(c1ccccc1)c1cccc(C(=O)N=C(N)N)c1.CS(=O)(=O)O. The van der Waals surface area contributed by atoms with Crippen LogP contribution in [-0.2, 0) is 10.1 Å². The lowest BCUT2D eigenvalue weighted by molar-refractivity contribution is 0.100. The number of carbonyl (C=O) groups is 1. The van der Waals surface area contributed by atoms with Gasteiger partial charge in [-0.15, -0.1) is 0 Å². The maximum absolute atomic E-state index is 11.8. The molecule has 0 unspecified atom stereocenters. The quantitative estimate of drug-likeness (QED) is 0.432. The van der Waals surface area contributed by atoms with Gasteiger partial charge in [-0.05, 0) is 28.8 Å². The fourth-order valence-corrected chi connectivity index (χ4v) is 1.83. The summed E-state index contributed by atoms with van der Waals surface area (Å²) in [4.78, 5) is 15.3. The van der Waals surface area contributed by atoms with Crippen molar-refractivity contribution in [3.63, 3.8) is 0 Å². The third kappa shape index (κ3) is 7.91. The van der Waals surface area contributed by atoms with E-state index in [0.717, 1.165) is 16.7 Å². The number of hydrogen-bond acceptors (Lipinski definition) is 3. The predicted octanol–water partition coefficient (Wildman–Crippen LogP) is 1.67. The summed E-state index contributed by atoms with van der Waals surface area (Å²) in [5.74, 6) is -0.713. The molecule has 0 atom stereocenters. The van der Waals surface area contributed by atoms with E-state index < -0.39 is 16.0 Å². The Morgan fingerprint density at radius 1 is 1.00 bits per heavy atom. The highest BCUT2D eigenvalue weighted by Crippen LogP contribution is 2.22. The number of nitrogens with two attached hydrogens (primary N) is 2. The molecule has 0 aliphatic rings. The molecule has 0 aliphatic carbocycles. The van der Waals surface area contributed by atoms with Gasteiger partial charge in [0, 0.05) is 5.56 Å². The molecule has 1 amide bonds. The average Bonchev–Trinajstić information content (AvgIpc) is 2.53. The lowest BCUT2D eigenvalue weighted by Crippen LogP contribution is -2.24. The van der Waals surface area contributed by atoms with Crippen molar-refractivity contribution in [3.8, 4) is 0 Å². The molecular weight excluding hydrogens is 342 g/mol. The van der Waals surface area contributed by atoms with Crippen LogP contribution in [0.4, 0.5) is 0 Å². The normalized spacial score (nSPS) is 10.2. The second kappa shape index (κ2) is 8.76. The molecule has 0 radical (unpaired) electrons. The van der Waals surface area contributed by atoms with E-state index >= 15 is 0 Å². The standard InChI is InChI=1S/C16H15N3O.CH4O3S/c1-11(12-6-3-2-4-7-12)13-8-5-9-14(10-13)15(20)19-16(17)18;1-5(2,3)4/h2-10H,1H2,(H4,17,18,19,20);1H3,(H,2,3,4). The first-order valence-electron chi connectivity index (χ1n) is 6.99. The number of rotatable bonds is 3. The molecule has 2 rings (SSSR count). The molecule has 7 nitrogen and oxygen atoms in total. The van der Waals surface area contributed by atoms with Gasteiger partial charge in [0.05, 0.1) is 6.26 Å². The Labute approximate surface area is 146 Å². The summed E-state index contributed by atoms with van der Waals surface area (Å²) in [6.07, 6.45) is 0.715. The minimum Gasteiger partial charge on any atom is -0.370 e. The third-order valence-electron chi connectivity index (χ3n) is 2.81. The number of nitrogens with zero attached hydrogens (tertiary/aromatic N) is 1. The second-order valence-electron chi connectivity index (χ2n) is 5.00. The van der Waals surface area contributed by atoms with Crippen LogP contribution in [0.2, 0.25) is 0 Å². The van der Waals surface area contributed by atoms with Crippen LogP contribution in [0.25, 0.3) is 5.57 Å². The molecule has 0 bridgehead atoms. The Bertz CT molecular complexity index is 879. The molecule has 2 aromatic rings. The molecule has 0 spiro atoms. The van der Waals surface area contributed by atoms with Gasteiger partial charge < -0.3 is 11.5 Å². The first-order chi connectivity index (χ1) is 11.6. The Balaban J connectivity index is 0.000000550. The lowest BCUT2D eigenvalue weighted by Gasteiger charge is -2.07. The summed E-state index contributed by atoms with van der Waals surface area (Å²) in [6, 6.07) is 16.8. The minimum absolute atomic E-state index is 0.248. The van der Waals surface area contributed by atoms with E-state index in [4.69, 9.17) is 16.0 Å². The van der Waals surface area contributed by atoms with Gasteiger partial charge >= 0.3 is 0 Å². The van der Waals surface area contributed by atoms with Gasteiger partial charge in [0.25, 0.3) is 16.0 Å². The summed E-state index contributed by atoms with van der Waals surface area (Å²) in [5, 5.41) is 0. The highest BCUT2D eigenvalue weighted by Gasteiger charge is 2.08. The van der Waals surface area contributed by atoms with E-state index in [9.17, 15) is 13.2 Å². The molecule has 0 aliphatic heterocycles. The predicted molar refractivity (Wildman–Crippen MR) is 98.6 cm³/mol. The van der Waals surface area contributed by atoms with Crippen LogP contribution in [0.1, 0.15) is 21.5 Å². The lowest BCUT2D eigenvalue weighted by atomic mass is 9.98. The van der Waals surface area contributed by atoms with Crippen LogP contribution in [0.5, 0.6) is 0 Å². The maximum atomic E-state index is 11.8. The van der Waals surface area contributed by atoms with E-state index in [-0.39, 0.29) is 5.96 Å². The molecular formula is C17H19N3O4S. The first-order valence-corrected chi connectivity index (χ1v) is 8.84. The average molecular weight is 361 g/mol. The van der Waals surface area contributed by atoms with E-state index in [2.05, 4.69) is 11.6 Å². The number of amides is 1. The number of carbonyl (C=O) groups excluding carboxylic acids is 1. The maximum Gasteiger partial charge on any atom is 0.280 e. The Morgan fingerprint density at radius 2 is 1.48 bits per heavy atom. The van der Waals surface area contributed by atoms with Gasteiger partial charge in [-0.25, -0.2) is 0 Å². The monoisotopic (exact) mass is 361 g/mol. The highest BCUT2D eigenvalue weighted by atomic mass is 32.2. The number of guanidine groups is 1. The zero-order chi connectivity index (χ0) is 19.0. The van der Waals surface area contributed by atoms with Crippen LogP contribution >= 0.6 is 0 Å². The second-order valence-corrected chi connectivity index (χ2v) is 6.47. The molecule has 25 heavy (non-hydrogen) atoms. The molecule has 5 N–H and O–H groups in total. The van der Waals surface area contributed by atoms with Crippen LogP contribution in [-0.4, -0.2) is 31.1 Å². The Kier molecular flexibility index (Phi) is 7.04. The van der Waals surface area contributed by atoms with Crippen LogP contribution in [0.3, 0.4) is 0 Å². The van der Waals surface area contributed by atoms with Gasteiger partial charge in [-0.2, -0.15) is 13.4 Å². The minimum atomic E-state index is -3.67. The Hall–Kier alpha value is -2.97. The molecule has 0 heterocycles. The van der Waals surface area contributed by atoms with Gasteiger partial charge in [0.15, 0.2) is 5.96 Å². The molecule has 0 saturated heterocycles. The van der Waals surface area contributed by atoms with Crippen molar-refractivity contribution >= 4 is 27.6 Å². The molecule has 0 aromatic heterocycles. The van der Waals surface area contributed by atoms with E-state index in [0.29, 0.717) is 11.8 Å². The topological polar surface area (TPSA) is 136 Å². The largest absolute Gasteiger partial charge is 0.370 e. The van der Waals surface area contributed by atoms with Gasteiger partial charge in [-0.3, -0.25) is 9.35 Å². The highest BCUT2D eigenvalue weighted by molar-refractivity contribution is 7.85. The first kappa shape index (κ1) is 20.1. The van der Waals surface area contributed by atoms with Crippen molar-refractivity contribution in [2.75, 3.05) is 6.26 Å². The Morgan fingerprint density at radius 3 is 2.00 bits per heavy atom. The molecule has 8 heteroatoms. The van der Waals surface area contributed by atoms with Crippen molar-refractivity contribution in [1.29, 1.82) is 0 Å². The summed E-state index contributed by atoms with van der Waals surface area (Å²) >= 11 is 0. The number of aliphatic imine (C=N–C) groups is 1. The number of hydrogen-bond donors (Lipinski definition) is 3. The zero-order valence-electron chi connectivity index (χ0n) is 13.6. The molecule has 132 valence electrons. The van der Waals surface area contributed by atoms with Crippen LogP contribution in [0.15, 0.2) is 66.2 Å². The van der Waals surface area contributed by atoms with E-state index in [1.54, 1.807) is 18.2 Å². The fraction of sp³-hybridized carbons (Fsp3) is 0.0588. The molecule has 2 aromatic carbocycles. The van der Waals surface area contributed by atoms with Gasteiger partial charge in [0.1, 0.15) is 0 Å². The van der Waals surface area contributed by atoms with Crippen molar-refractivity contribution in [2.24, 2.45) is 16.5 Å². The summed E-state index contributed by atoms with van der Waals surface area (Å²) in [5.41, 5.74) is 13.5. The smallest absolute Gasteiger partial charge is 0.280 e. The summed E-state index contributed by atoms with van der Waals surface area (Å²) < 4.78 is 25.9.